The van der Waals surface area contributed by atoms with Gasteiger partial charge in [-0.3, -0.25) is 4.79 Å². The number of rotatable bonds is 2. The van der Waals surface area contributed by atoms with Crippen molar-refractivity contribution in [3.05, 3.63) is 12.2 Å². The van der Waals surface area contributed by atoms with Crippen LogP contribution in [-0.2, 0) is 19.1 Å². The lowest BCUT2D eigenvalue weighted by Gasteiger charge is -2.41. The molecule has 3 fully saturated rings. The normalized spacial score (nSPS) is 39.6. The van der Waals surface area contributed by atoms with Crippen LogP contribution in [0.1, 0.15) is 32.1 Å². The first kappa shape index (κ1) is 14.5. The predicted molar refractivity (Wildman–Crippen MR) is 73.4 cm³/mol. The smallest absolute Gasteiger partial charge is 0.334 e. The van der Waals surface area contributed by atoms with Crippen LogP contribution in [0.3, 0.4) is 0 Å². The van der Waals surface area contributed by atoms with Crippen LogP contribution in [0.15, 0.2) is 12.2 Å². The van der Waals surface area contributed by atoms with Crippen LogP contribution >= 0.6 is 0 Å². The summed E-state index contributed by atoms with van der Waals surface area (Å²) in [5.74, 6) is -0.400. The molecule has 3 saturated heterocycles. The highest BCUT2D eigenvalue weighted by atomic mass is 16.6. The van der Waals surface area contributed by atoms with E-state index in [2.05, 4.69) is 6.58 Å². The number of hydrogen-bond acceptors (Lipinski definition) is 5. The Balaban J connectivity index is 2.04. The van der Waals surface area contributed by atoms with Gasteiger partial charge >= 0.3 is 5.97 Å². The van der Waals surface area contributed by atoms with Gasteiger partial charge in [-0.2, -0.15) is 0 Å². The third-order valence-corrected chi connectivity index (χ3v) is 5.08. The fourth-order valence-corrected chi connectivity index (χ4v) is 4.13. The number of carbonyl (C=O) groups is 2. The van der Waals surface area contributed by atoms with Crippen LogP contribution in [-0.4, -0.2) is 59.4 Å². The van der Waals surface area contributed by atoms with Crippen molar-refractivity contribution in [3.63, 3.8) is 0 Å². The molecular weight excluding hydrogens is 274 g/mol. The summed E-state index contributed by atoms with van der Waals surface area (Å²) >= 11 is 0. The second-order valence-corrected chi connectivity index (χ2v) is 6.12. The first-order chi connectivity index (χ1) is 10.0. The SMILES string of the molecule is C=C1C[C@@]2(OC1=O)[C@@H]1CC[C@@H](CO)N1C(=O)CC[C@H]2OC. The monoisotopic (exact) mass is 295 g/mol. The van der Waals surface area contributed by atoms with Crippen LogP contribution in [0.2, 0.25) is 0 Å². The average Bonchev–Trinajstić information content (AvgIpc) is 2.99. The molecule has 116 valence electrons. The molecule has 0 bridgehead atoms. The highest BCUT2D eigenvalue weighted by Crippen LogP contribution is 2.47. The highest BCUT2D eigenvalue weighted by Gasteiger charge is 2.60. The zero-order valence-electron chi connectivity index (χ0n) is 12.2. The predicted octanol–water partition coefficient (Wildman–Crippen LogP) is 0.389. The van der Waals surface area contributed by atoms with Gasteiger partial charge in [0, 0.05) is 25.5 Å². The highest BCUT2D eigenvalue weighted by molar-refractivity contribution is 5.91. The lowest BCUT2D eigenvalue weighted by Crippen LogP contribution is -2.57. The Morgan fingerprint density at radius 1 is 1.43 bits per heavy atom. The molecule has 0 radical (unpaired) electrons. The Bertz CT molecular complexity index is 472. The molecular formula is C15H21NO5. The molecule has 0 aromatic carbocycles. The van der Waals surface area contributed by atoms with Crippen LogP contribution in [0.5, 0.6) is 0 Å². The molecule has 0 aliphatic carbocycles. The van der Waals surface area contributed by atoms with Crippen molar-refractivity contribution in [1.29, 1.82) is 0 Å². The van der Waals surface area contributed by atoms with Crippen LogP contribution in [0.4, 0.5) is 0 Å². The lowest BCUT2D eigenvalue weighted by atomic mass is 9.82. The molecule has 1 N–H and O–H groups in total. The quantitative estimate of drug-likeness (QED) is 0.589. The summed E-state index contributed by atoms with van der Waals surface area (Å²) in [6.45, 7) is 3.71. The van der Waals surface area contributed by atoms with Gasteiger partial charge in [0.1, 0.15) is 0 Å². The van der Waals surface area contributed by atoms with Crippen molar-refractivity contribution >= 4 is 11.9 Å². The van der Waals surface area contributed by atoms with Gasteiger partial charge in [-0.05, 0) is 19.3 Å². The number of aliphatic hydroxyl groups excluding tert-OH is 1. The number of hydrogen-bond donors (Lipinski definition) is 1. The Hall–Kier alpha value is -1.40. The molecule has 3 aliphatic heterocycles. The molecule has 3 rings (SSSR count). The van der Waals surface area contributed by atoms with E-state index in [1.54, 1.807) is 12.0 Å². The van der Waals surface area contributed by atoms with Crippen LogP contribution in [0, 0.1) is 0 Å². The number of fused-ring (bicyclic) bond motifs is 2. The van der Waals surface area contributed by atoms with Gasteiger partial charge in [0.2, 0.25) is 5.91 Å². The van der Waals surface area contributed by atoms with E-state index in [0.717, 1.165) is 6.42 Å². The van der Waals surface area contributed by atoms with Gasteiger partial charge in [0.25, 0.3) is 0 Å². The Morgan fingerprint density at radius 3 is 2.76 bits per heavy atom. The fraction of sp³-hybridized carbons (Fsp3) is 0.733. The molecule has 1 amide bonds. The third-order valence-electron chi connectivity index (χ3n) is 5.08. The number of methoxy groups -OCH3 is 1. The molecule has 0 saturated carbocycles. The largest absolute Gasteiger partial charge is 0.450 e. The average molecular weight is 295 g/mol. The summed E-state index contributed by atoms with van der Waals surface area (Å²) in [6.07, 6.45) is 2.35. The molecule has 4 atom stereocenters. The summed E-state index contributed by atoms with van der Waals surface area (Å²) in [5, 5.41) is 9.52. The second-order valence-electron chi connectivity index (χ2n) is 6.12. The van der Waals surface area contributed by atoms with Gasteiger partial charge in [-0.15, -0.1) is 0 Å². The molecule has 21 heavy (non-hydrogen) atoms. The maximum Gasteiger partial charge on any atom is 0.334 e. The molecule has 6 heteroatoms. The van der Waals surface area contributed by atoms with Gasteiger partial charge in [0.15, 0.2) is 5.60 Å². The standard InChI is InChI=1S/C15H21NO5/c1-9-7-15(21-14(9)19)11-4-3-10(8-17)16(11)13(18)6-5-12(15)20-2/h10-12,17H,1,3-8H2,2H3/t10-,11-,12+,15+/m0/s1. The topological polar surface area (TPSA) is 76.1 Å². The van der Waals surface area contributed by atoms with E-state index < -0.39 is 11.6 Å². The number of esters is 1. The Kier molecular flexibility index (Phi) is 3.53. The zero-order valence-corrected chi connectivity index (χ0v) is 12.2. The number of amides is 1. The molecule has 0 aromatic heterocycles. The van der Waals surface area contributed by atoms with Gasteiger partial charge < -0.3 is 19.5 Å². The number of aliphatic hydroxyl groups is 1. The summed E-state index contributed by atoms with van der Waals surface area (Å²) < 4.78 is 11.3. The van der Waals surface area contributed by atoms with Crippen molar-refractivity contribution in [2.24, 2.45) is 0 Å². The Morgan fingerprint density at radius 2 is 2.19 bits per heavy atom. The van der Waals surface area contributed by atoms with E-state index in [0.29, 0.717) is 31.3 Å². The van der Waals surface area contributed by atoms with Gasteiger partial charge in [-0.25, -0.2) is 4.79 Å². The van der Waals surface area contributed by atoms with Crippen molar-refractivity contribution in [1.82, 2.24) is 4.90 Å². The van der Waals surface area contributed by atoms with Crippen molar-refractivity contribution in [2.75, 3.05) is 13.7 Å². The van der Waals surface area contributed by atoms with E-state index in [1.165, 1.54) is 0 Å². The maximum absolute atomic E-state index is 12.4. The van der Waals surface area contributed by atoms with Gasteiger partial charge in [0.05, 0.1) is 24.8 Å². The van der Waals surface area contributed by atoms with E-state index in [9.17, 15) is 14.7 Å². The minimum Gasteiger partial charge on any atom is -0.450 e. The van der Waals surface area contributed by atoms with Crippen molar-refractivity contribution in [2.45, 2.75) is 55.9 Å². The minimum absolute atomic E-state index is 0.00374. The summed E-state index contributed by atoms with van der Waals surface area (Å²) in [4.78, 5) is 26.1. The van der Waals surface area contributed by atoms with Crippen molar-refractivity contribution < 1.29 is 24.2 Å². The Labute approximate surface area is 123 Å². The zero-order chi connectivity index (χ0) is 15.2. The van der Waals surface area contributed by atoms with E-state index in [-0.39, 0.29) is 30.7 Å². The molecule has 0 aromatic rings. The molecule has 0 unspecified atom stereocenters. The molecule has 1 spiro atoms. The molecule has 3 heterocycles. The van der Waals surface area contributed by atoms with E-state index >= 15 is 0 Å². The number of carbonyl (C=O) groups excluding carboxylic acids is 2. The maximum atomic E-state index is 12.4. The minimum atomic E-state index is -0.848. The summed E-state index contributed by atoms with van der Waals surface area (Å²) in [5.41, 5.74) is -0.419. The van der Waals surface area contributed by atoms with E-state index in [1.807, 2.05) is 0 Å². The van der Waals surface area contributed by atoms with E-state index in [4.69, 9.17) is 9.47 Å². The first-order valence-electron chi connectivity index (χ1n) is 7.39. The third kappa shape index (κ3) is 2.00. The van der Waals surface area contributed by atoms with Crippen LogP contribution < -0.4 is 0 Å². The summed E-state index contributed by atoms with van der Waals surface area (Å²) in [7, 11) is 1.58. The first-order valence-corrected chi connectivity index (χ1v) is 7.39. The second kappa shape index (κ2) is 5.10. The number of ether oxygens (including phenoxy) is 2. The van der Waals surface area contributed by atoms with Crippen LogP contribution in [0.25, 0.3) is 0 Å². The molecule has 3 aliphatic rings. The fourth-order valence-electron chi connectivity index (χ4n) is 4.13. The molecule has 6 nitrogen and oxygen atoms in total. The van der Waals surface area contributed by atoms with Gasteiger partial charge in [-0.1, -0.05) is 6.58 Å². The lowest BCUT2D eigenvalue weighted by molar-refractivity contribution is -0.172. The van der Waals surface area contributed by atoms with Crippen molar-refractivity contribution in [3.8, 4) is 0 Å². The summed E-state index contributed by atoms with van der Waals surface area (Å²) in [6, 6.07) is -0.430. The number of nitrogens with zero attached hydrogens (tertiary/aromatic N) is 1.